The first-order valence-corrected chi connectivity index (χ1v) is 7.86. The SMILES string of the molecule is CCS(=O)(=O)N(C)CC(=O)Nc1cc(C(=O)O)ccc1C. The molecule has 0 aliphatic carbocycles. The van der Waals surface area contributed by atoms with E-state index in [0.717, 1.165) is 4.31 Å². The lowest BCUT2D eigenvalue weighted by atomic mass is 10.1. The molecule has 8 heteroatoms. The lowest BCUT2D eigenvalue weighted by Crippen LogP contribution is -2.35. The van der Waals surface area contributed by atoms with Crippen LogP contribution in [0.15, 0.2) is 18.2 Å². The second-order valence-corrected chi connectivity index (χ2v) is 6.90. The van der Waals surface area contributed by atoms with Crippen molar-refractivity contribution in [3.05, 3.63) is 29.3 Å². The second-order valence-electron chi connectivity index (χ2n) is 4.54. The van der Waals surface area contributed by atoms with Gasteiger partial charge in [0.25, 0.3) is 0 Å². The molecule has 0 radical (unpaired) electrons. The Kier molecular flexibility index (Phi) is 5.45. The number of aromatic carboxylic acids is 1. The summed E-state index contributed by atoms with van der Waals surface area (Å²) in [5.74, 6) is -1.72. The number of rotatable bonds is 6. The fourth-order valence-corrected chi connectivity index (χ4v) is 2.36. The topological polar surface area (TPSA) is 104 Å². The minimum atomic E-state index is -3.44. The molecule has 1 amide bonds. The number of anilines is 1. The van der Waals surface area contributed by atoms with E-state index in [1.807, 2.05) is 0 Å². The van der Waals surface area contributed by atoms with Gasteiger partial charge in [-0.25, -0.2) is 13.2 Å². The number of carbonyl (C=O) groups excluding carboxylic acids is 1. The molecule has 0 aliphatic rings. The van der Waals surface area contributed by atoms with Gasteiger partial charge in [0.1, 0.15) is 0 Å². The molecular weight excluding hydrogens is 296 g/mol. The van der Waals surface area contributed by atoms with Crippen LogP contribution < -0.4 is 5.32 Å². The van der Waals surface area contributed by atoms with Crippen molar-refractivity contribution in [2.45, 2.75) is 13.8 Å². The smallest absolute Gasteiger partial charge is 0.335 e. The third-order valence-electron chi connectivity index (χ3n) is 2.96. The molecule has 0 atom stereocenters. The number of nitrogens with one attached hydrogen (secondary N) is 1. The van der Waals surface area contributed by atoms with Crippen LogP contribution in [0.3, 0.4) is 0 Å². The average molecular weight is 314 g/mol. The molecule has 1 rings (SSSR count). The van der Waals surface area contributed by atoms with Crippen molar-refractivity contribution in [1.82, 2.24) is 4.31 Å². The Labute approximate surface area is 123 Å². The van der Waals surface area contributed by atoms with E-state index in [1.54, 1.807) is 13.0 Å². The molecule has 21 heavy (non-hydrogen) atoms. The van der Waals surface area contributed by atoms with Gasteiger partial charge in [-0.2, -0.15) is 4.31 Å². The highest BCUT2D eigenvalue weighted by molar-refractivity contribution is 7.89. The van der Waals surface area contributed by atoms with E-state index in [1.165, 1.54) is 26.1 Å². The van der Waals surface area contributed by atoms with Gasteiger partial charge < -0.3 is 10.4 Å². The van der Waals surface area contributed by atoms with Crippen LogP contribution in [0.25, 0.3) is 0 Å². The summed E-state index contributed by atoms with van der Waals surface area (Å²) in [5.41, 5.74) is 1.09. The number of sulfonamides is 1. The van der Waals surface area contributed by atoms with Crippen LogP contribution in [-0.4, -0.2) is 49.1 Å². The molecule has 116 valence electrons. The monoisotopic (exact) mass is 314 g/mol. The van der Waals surface area contributed by atoms with Gasteiger partial charge in [-0.05, 0) is 31.5 Å². The highest BCUT2D eigenvalue weighted by atomic mass is 32.2. The van der Waals surface area contributed by atoms with Gasteiger partial charge >= 0.3 is 5.97 Å². The van der Waals surface area contributed by atoms with Gasteiger partial charge in [-0.1, -0.05) is 6.07 Å². The number of carboxylic acids is 1. The molecule has 0 bridgehead atoms. The molecule has 0 aliphatic heterocycles. The lowest BCUT2D eigenvalue weighted by molar-refractivity contribution is -0.116. The summed E-state index contributed by atoms with van der Waals surface area (Å²) in [4.78, 5) is 22.8. The van der Waals surface area contributed by atoms with Crippen LogP contribution in [0, 0.1) is 6.92 Å². The minimum Gasteiger partial charge on any atom is -0.478 e. The number of benzene rings is 1. The van der Waals surface area contributed by atoms with E-state index in [0.29, 0.717) is 11.3 Å². The molecule has 1 aromatic carbocycles. The first-order chi connectivity index (χ1) is 9.67. The number of aryl methyl sites for hydroxylation is 1. The van der Waals surface area contributed by atoms with E-state index >= 15 is 0 Å². The number of likely N-dealkylation sites (N-methyl/N-ethyl adjacent to an activating group) is 1. The van der Waals surface area contributed by atoms with E-state index in [-0.39, 0.29) is 17.9 Å². The van der Waals surface area contributed by atoms with Crippen molar-refractivity contribution in [2.75, 3.05) is 24.7 Å². The van der Waals surface area contributed by atoms with Crippen LogP contribution in [0.1, 0.15) is 22.8 Å². The van der Waals surface area contributed by atoms with Crippen molar-refractivity contribution in [3.63, 3.8) is 0 Å². The third kappa shape index (κ3) is 4.54. The first kappa shape index (κ1) is 17.1. The summed E-state index contributed by atoms with van der Waals surface area (Å²) >= 11 is 0. The van der Waals surface area contributed by atoms with Crippen molar-refractivity contribution in [2.24, 2.45) is 0 Å². The number of nitrogens with zero attached hydrogens (tertiary/aromatic N) is 1. The quantitative estimate of drug-likeness (QED) is 0.812. The van der Waals surface area contributed by atoms with E-state index < -0.39 is 21.9 Å². The van der Waals surface area contributed by atoms with Crippen LogP contribution in [0.4, 0.5) is 5.69 Å². The van der Waals surface area contributed by atoms with Crippen molar-refractivity contribution in [1.29, 1.82) is 0 Å². The first-order valence-electron chi connectivity index (χ1n) is 6.25. The maximum atomic E-state index is 11.9. The average Bonchev–Trinajstić information content (AvgIpc) is 2.40. The molecule has 0 unspecified atom stereocenters. The third-order valence-corrected chi connectivity index (χ3v) is 4.77. The predicted octanol–water partition coefficient (Wildman–Crippen LogP) is 0.913. The summed E-state index contributed by atoms with van der Waals surface area (Å²) in [7, 11) is -2.12. The van der Waals surface area contributed by atoms with E-state index in [2.05, 4.69) is 5.32 Å². The van der Waals surface area contributed by atoms with Crippen LogP contribution >= 0.6 is 0 Å². The van der Waals surface area contributed by atoms with Crippen LogP contribution in [0.2, 0.25) is 0 Å². The summed E-state index contributed by atoms with van der Waals surface area (Å²) in [6.07, 6.45) is 0. The molecule has 1 aromatic rings. The van der Waals surface area contributed by atoms with Gasteiger partial charge in [0, 0.05) is 12.7 Å². The Hall–Kier alpha value is -1.93. The van der Waals surface area contributed by atoms with Gasteiger partial charge in [0.2, 0.25) is 15.9 Å². The molecule has 2 N–H and O–H groups in total. The fourth-order valence-electron chi connectivity index (χ4n) is 1.60. The second kappa shape index (κ2) is 6.68. The van der Waals surface area contributed by atoms with Crippen molar-refractivity contribution in [3.8, 4) is 0 Å². The normalized spacial score (nSPS) is 11.4. The predicted molar refractivity (Wildman–Crippen MR) is 78.9 cm³/mol. The van der Waals surface area contributed by atoms with Gasteiger partial charge in [0.05, 0.1) is 17.9 Å². The summed E-state index contributed by atoms with van der Waals surface area (Å²) in [6.45, 7) is 2.88. The number of hydrogen-bond donors (Lipinski definition) is 2. The lowest BCUT2D eigenvalue weighted by Gasteiger charge is -2.16. The van der Waals surface area contributed by atoms with Crippen molar-refractivity contribution >= 4 is 27.6 Å². The molecule has 0 spiro atoms. The standard InChI is InChI=1S/C13H18N2O5S/c1-4-21(19,20)15(3)8-12(16)14-11-7-10(13(17)18)6-5-9(11)2/h5-7H,4,8H2,1-3H3,(H,14,16)(H,17,18). The molecule has 7 nitrogen and oxygen atoms in total. The Balaban J connectivity index is 2.84. The summed E-state index contributed by atoms with van der Waals surface area (Å²) in [6, 6.07) is 4.34. The molecular formula is C13H18N2O5S. The fraction of sp³-hybridized carbons (Fsp3) is 0.385. The maximum absolute atomic E-state index is 11.9. The Morgan fingerprint density at radius 2 is 1.95 bits per heavy atom. The molecule has 0 saturated heterocycles. The van der Waals surface area contributed by atoms with E-state index in [9.17, 15) is 18.0 Å². The summed E-state index contributed by atoms with van der Waals surface area (Å²) in [5, 5.41) is 11.4. The number of carboxylic acid groups (broad SMARTS) is 1. The van der Waals surface area contributed by atoms with Crippen LogP contribution in [0.5, 0.6) is 0 Å². The van der Waals surface area contributed by atoms with E-state index in [4.69, 9.17) is 5.11 Å². The van der Waals surface area contributed by atoms with Gasteiger partial charge in [-0.15, -0.1) is 0 Å². The highest BCUT2D eigenvalue weighted by Crippen LogP contribution is 2.17. The zero-order chi connectivity index (χ0) is 16.2. The molecule has 0 fully saturated rings. The zero-order valence-corrected chi connectivity index (χ0v) is 12.9. The molecule has 0 aromatic heterocycles. The van der Waals surface area contributed by atoms with Crippen LogP contribution in [-0.2, 0) is 14.8 Å². The number of hydrogen-bond acceptors (Lipinski definition) is 4. The molecule has 0 heterocycles. The highest BCUT2D eigenvalue weighted by Gasteiger charge is 2.18. The zero-order valence-electron chi connectivity index (χ0n) is 12.1. The van der Waals surface area contributed by atoms with Gasteiger partial charge in [0.15, 0.2) is 0 Å². The Bertz CT molecular complexity index is 655. The Morgan fingerprint density at radius 1 is 1.33 bits per heavy atom. The largest absolute Gasteiger partial charge is 0.478 e. The Morgan fingerprint density at radius 3 is 2.48 bits per heavy atom. The number of amides is 1. The molecule has 0 saturated carbocycles. The van der Waals surface area contributed by atoms with Crippen molar-refractivity contribution < 1.29 is 23.1 Å². The summed E-state index contributed by atoms with van der Waals surface area (Å²) < 4.78 is 24.1. The maximum Gasteiger partial charge on any atom is 0.335 e. The van der Waals surface area contributed by atoms with Gasteiger partial charge in [-0.3, -0.25) is 4.79 Å². The number of carbonyl (C=O) groups is 2. The minimum absolute atomic E-state index is 0.0467.